The van der Waals surface area contributed by atoms with Gasteiger partial charge in [0, 0.05) is 0 Å². The largest absolute Gasteiger partial charge is 0.497 e. The summed E-state index contributed by atoms with van der Waals surface area (Å²) in [4.78, 5) is 23.7. The summed E-state index contributed by atoms with van der Waals surface area (Å²) >= 11 is 0. The molecule has 0 aliphatic rings. The fourth-order valence-corrected chi connectivity index (χ4v) is 1.92. The summed E-state index contributed by atoms with van der Waals surface area (Å²) < 4.78 is 15.1. The van der Waals surface area contributed by atoms with E-state index in [9.17, 15) is 9.59 Å². The number of benzene rings is 2. The van der Waals surface area contributed by atoms with E-state index in [0.717, 1.165) is 5.56 Å². The summed E-state index contributed by atoms with van der Waals surface area (Å²) in [6.45, 7) is 1.36. The molecule has 120 valence electrons. The van der Waals surface area contributed by atoms with Crippen LogP contribution in [-0.2, 0) is 14.3 Å². The summed E-state index contributed by atoms with van der Waals surface area (Å²) in [5, 5.41) is 0. The van der Waals surface area contributed by atoms with Crippen molar-refractivity contribution in [3.05, 3.63) is 60.2 Å². The summed E-state index contributed by atoms with van der Waals surface area (Å²) in [5.41, 5.74) is 0.743. The standard InChI is InChI=1S/C18H18O5/c1-13(14-8-10-15(21-2)11-9-14)18(20)23-17(19)12-22-16-6-4-3-5-7-16/h3-11,13H,12H2,1-2H3. The quantitative estimate of drug-likeness (QED) is 0.606. The van der Waals surface area contributed by atoms with Gasteiger partial charge in [-0.25, -0.2) is 4.79 Å². The number of methoxy groups -OCH3 is 1. The first-order chi connectivity index (χ1) is 11.1. The molecule has 0 heterocycles. The first-order valence-electron chi connectivity index (χ1n) is 7.16. The van der Waals surface area contributed by atoms with Crippen molar-refractivity contribution in [1.82, 2.24) is 0 Å². The molecule has 0 aliphatic heterocycles. The highest BCUT2D eigenvalue weighted by molar-refractivity contribution is 5.89. The Kier molecular flexibility index (Phi) is 5.74. The zero-order valence-corrected chi connectivity index (χ0v) is 13.0. The molecule has 23 heavy (non-hydrogen) atoms. The summed E-state index contributed by atoms with van der Waals surface area (Å²) in [7, 11) is 1.57. The van der Waals surface area contributed by atoms with Gasteiger partial charge in [-0.1, -0.05) is 30.3 Å². The molecule has 0 bridgehead atoms. The lowest BCUT2D eigenvalue weighted by Gasteiger charge is -2.11. The molecule has 5 heteroatoms. The topological polar surface area (TPSA) is 61.8 Å². The molecule has 0 saturated heterocycles. The normalized spacial score (nSPS) is 11.4. The second kappa shape index (κ2) is 7.98. The number of para-hydroxylation sites is 1. The molecular formula is C18H18O5. The van der Waals surface area contributed by atoms with Crippen molar-refractivity contribution in [2.75, 3.05) is 13.7 Å². The Morgan fingerprint density at radius 3 is 2.22 bits per heavy atom. The molecule has 0 amide bonds. The zero-order valence-electron chi connectivity index (χ0n) is 13.0. The molecule has 0 aromatic heterocycles. The van der Waals surface area contributed by atoms with Gasteiger partial charge in [0.15, 0.2) is 6.61 Å². The van der Waals surface area contributed by atoms with Gasteiger partial charge >= 0.3 is 11.9 Å². The zero-order chi connectivity index (χ0) is 16.7. The second-order valence-corrected chi connectivity index (χ2v) is 4.89. The van der Waals surface area contributed by atoms with E-state index in [2.05, 4.69) is 0 Å². The van der Waals surface area contributed by atoms with Crippen LogP contribution in [0.5, 0.6) is 11.5 Å². The lowest BCUT2D eigenvalue weighted by Crippen LogP contribution is -2.22. The Morgan fingerprint density at radius 1 is 0.957 bits per heavy atom. The van der Waals surface area contributed by atoms with Crippen LogP contribution in [0.25, 0.3) is 0 Å². The number of carbonyl (C=O) groups excluding carboxylic acids is 2. The fourth-order valence-electron chi connectivity index (χ4n) is 1.92. The second-order valence-electron chi connectivity index (χ2n) is 4.89. The Balaban J connectivity index is 1.85. The third-order valence-corrected chi connectivity index (χ3v) is 3.28. The fraction of sp³-hybridized carbons (Fsp3) is 0.222. The Bertz CT molecular complexity index is 649. The molecule has 0 aliphatic carbocycles. The van der Waals surface area contributed by atoms with Crippen LogP contribution in [0.2, 0.25) is 0 Å². The molecule has 0 saturated carbocycles. The summed E-state index contributed by atoms with van der Waals surface area (Å²) in [5.74, 6) is -0.653. The molecule has 5 nitrogen and oxygen atoms in total. The minimum Gasteiger partial charge on any atom is -0.497 e. The molecule has 2 rings (SSSR count). The highest BCUT2D eigenvalue weighted by Gasteiger charge is 2.20. The van der Waals surface area contributed by atoms with Crippen LogP contribution >= 0.6 is 0 Å². The highest BCUT2D eigenvalue weighted by atomic mass is 16.6. The van der Waals surface area contributed by atoms with Crippen LogP contribution in [0.1, 0.15) is 18.4 Å². The minimum atomic E-state index is -0.723. The molecule has 0 spiro atoms. The van der Waals surface area contributed by atoms with Crippen molar-refractivity contribution in [2.45, 2.75) is 12.8 Å². The molecule has 0 radical (unpaired) electrons. The van der Waals surface area contributed by atoms with Crippen molar-refractivity contribution < 1.29 is 23.8 Å². The SMILES string of the molecule is COc1ccc(C(C)C(=O)OC(=O)COc2ccccc2)cc1. The first kappa shape index (κ1) is 16.5. The van der Waals surface area contributed by atoms with Crippen molar-refractivity contribution >= 4 is 11.9 Å². The lowest BCUT2D eigenvalue weighted by atomic mass is 10.0. The summed E-state index contributed by atoms with van der Waals surface area (Å²) in [6, 6.07) is 15.9. The summed E-state index contributed by atoms with van der Waals surface area (Å²) in [6.07, 6.45) is 0. The average molecular weight is 314 g/mol. The van der Waals surface area contributed by atoms with E-state index >= 15 is 0 Å². The average Bonchev–Trinajstić information content (AvgIpc) is 2.60. The van der Waals surface area contributed by atoms with Gasteiger partial charge in [-0.05, 0) is 36.8 Å². The molecule has 2 aromatic carbocycles. The van der Waals surface area contributed by atoms with E-state index < -0.39 is 17.9 Å². The van der Waals surface area contributed by atoms with Gasteiger partial charge < -0.3 is 14.2 Å². The van der Waals surface area contributed by atoms with E-state index in [-0.39, 0.29) is 6.61 Å². The number of hydrogen-bond acceptors (Lipinski definition) is 5. The first-order valence-corrected chi connectivity index (χ1v) is 7.16. The van der Waals surface area contributed by atoms with Crippen LogP contribution < -0.4 is 9.47 Å². The third kappa shape index (κ3) is 4.85. The Hall–Kier alpha value is -2.82. The third-order valence-electron chi connectivity index (χ3n) is 3.28. The van der Waals surface area contributed by atoms with Gasteiger partial charge in [-0.2, -0.15) is 0 Å². The van der Waals surface area contributed by atoms with Crippen molar-refractivity contribution in [3.63, 3.8) is 0 Å². The van der Waals surface area contributed by atoms with Crippen LogP contribution in [0, 0.1) is 0 Å². The Morgan fingerprint density at radius 2 is 1.61 bits per heavy atom. The number of rotatable bonds is 6. The van der Waals surface area contributed by atoms with Gasteiger partial charge in [0.05, 0.1) is 13.0 Å². The van der Waals surface area contributed by atoms with Crippen molar-refractivity contribution in [1.29, 1.82) is 0 Å². The van der Waals surface area contributed by atoms with Gasteiger partial charge in [-0.3, -0.25) is 4.79 Å². The minimum absolute atomic E-state index is 0.314. The van der Waals surface area contributed by atoms with Gasteiger partial charge in [0.1, 0.15) is 11.5 Å². The highest BCUT2D eigenvalue weighted by Crippen LogP contribution is 2.20. The predicted octanol–water partition coefficient (Wildman–Crippen LogP) is 2.95. The number of hydrogen-bond donors (Lipinski definition) is 0. The molecule has 2 aromatic rings. The maximum absolute atomic E-state index is 12.0. The number of ether oxygens (including phenoxy) is 3. The van der Waals surface area contributed by atoms with Crippen LogP contribution in [0.4, 0.5) is 0 Å². The monoisotopic (exact) mass is 314 g/mol. The smallest absolute Gasteiger partial charge is 0.351 e. The van der Waals surface area contributed by atoms with E-state index in [1.54, 1.807) is 62.6 Å². The molecule has 1 atom stereocenters. The number of esters is 2. The Labute approximate surface area is 134 Å². The van der Waals surface area contributed by atoms with E-state index in [0.29, 0.717) is 11.5 Å². The van der Waals surface area contributed by atoms with Crippen LogP contribution in [0.15, 0.2) is 54.6 Å². The van der Waals surface area contributed by atoms with Gasteiger partial charge in [-0.15, -0.1) is 0 Å². The van der Waals surface area contributed by atoms with E-state index in [1.807, 2.05) is 6.07 Å². The lowest BCUT2D eigenvalue weighted by molar-refractivity contribution is -0.161. The van der Waals surface area contributed by atoms with Crippen molar-refractivity contribution in [2.24, 2.45) is 0 Å². The predicted molar refractivity (Wildman–Crippen MR) is 84.4 cm³/mol. The van der Waals surface area contributed by atoms with Gasteiger partial charge in [0.25, 0.3) is 0 Å². The maximum atomic E-state index is 12.0. The van der Waals surface area contributed by atoms with E-state index in [1.165, 1.54) is 0 Å². The van der Waals surface area contributed by atoms with Crippen molar-refractivity contribution in [3.8, 4) is 11.5 Å². The number of carbonyl (C=O) groups is 2. The van der Waals surface area contributed by atoms with Gasteiger partial charge in [0.2, 0.25) is 0 Å². The van der Waals surface area contributed by atoms with Crippen LogP contribution in [0.3, 0.4) is 0 Å². The molecule has 0 fully saturated rings. The molecule has 1 unspecified atom stereocenters. The molecule has 0 N–H and O–H groups in total. The molecular weight excluding hydrogens is 296 g/mol. The maximum Gasteiger partial charge on any atom is 0.351 e. The van der Waals surface area contributed by atoms with E-state index in [4.69, 9.17) is 14.2 Å². The van der Waals surface area contributed by atoms with Crippen LogP contribution in [-0.4, -0.2) is 25.7 Å².